The van der Waals surface area contributed by atoms with Crippen molar-refractivity contribution in [2.45, 2.75) is 51.3 Å². The third-order valence-corrected chi connectivity index (χ3v) is 4.46. The third kappa shape index (κ3) is 3.60. The highest BCUT2D eigenvalue weighted by atomic mass is 16.5. The zero-order chi connectivity index (χ0) is 14.6. The molecule has 3 nitrogen and oxygen atoms in total. The summed E-state index contributed by atoms with van der Waals surface area (Å²) in [6, 6.07) is 10.9. The molecule has 3 unspecified atom stereocenters. The molecule has 1 saturated heterocycles. The van der Waals surface area contributed by atoms with Crippen molar-refractivity contribution in [3.05, 3.63) is 35.9 Å². The van der Waals surface area contributed by atoms with Gasteiger partial charge < -0.3 is 15.8 Å². The number of hydrogen-bond donors (Lipinski definition) is 2. The SMILES string of the molecule is CC(NC1(CN)CCOC(C(C)C)C1)c1ccccc1. The van der Waals surface area contributed by atoms with Gasteiger partial charge >= 0.3 is 0 Å². The van der Waals surface area contributed by atoms with E-state index in [4.69, 9.17) is 10.5 Å². The third-order valence-electron chi connectivity index (χ3n) is 4.46. The van der Waals surface area contributed by atoms with Crippen molar-refractivity contribution in [1.29, 1.82) is 0 Å². The van der Waals surface area contributed by atoms with Crippen LogP contribution >= 0.6 is 0 Å². The van der Waals surface area contributed by atoms with E-state index in [1.807, 2.05) is 0 Å². The van der Waals surface area contributed by atoms with Crippen LogP contribution in [0.5, 0.6) is 0 Å². The van der Waals surface area contributed by atoms with Crippen LogP contribution in [0.3, 0.4) is 0 Å². The summed E-state index contributed by atoms with van der Waals surface area (Å²) >= 11 is 0. The molecule has 3 atom stereocenters. The van der Waals surface area contributed by atoms with Crippen LogP contribution in [0.25, 0.3) is 0 Å². The molecule has 2 rings (SSSR count). The standard InChI is InChI=1S/C17H28N2O/c1-13(2)16-11-17(12-18,9-10-20-16)19-14(3)15-7-5-4-6-8-15/h4-8,13-14,16,19H,9-12,18H2,1-3H3. The van der Waals surface area contributed by atoms with Crippen LogP contribution in [-0.4, -0.2) is 24.8 Å². The lowest BCUT2D eigenvalue weighted by Gasteiger charge is -2.44. The number of ether oxygens (including phenoxy) is 1. The molecule has 1 aliphatic heterocycles. The van der Waals surface area contributed by atoms with Crippen LogP contribution in [0, 0.1) is 5.92 Å². The minimum absolute atomic E-state index is 0.00243. The van der Waals surface area contributed by atoms with Gasteiger partial charge in [-0.15, -0.1) is 0 Å². The van der Waals surface area contributed by atoms with Crippen molar-refractivity contribution < 1.29 is 4.74 Å². The second kappa shape index (κ2) is 6.70. The molecule has 3 N–H and O–H groups in total. The van der Waals surface area contributed by atoms with Crippen molar-refractivity contribution in [1.82, 2.24) is 5.32 Å². The number of nitrogens with two attached hydrogens (primary N) is 1. The Kier molecular flexibility index (Phi) is 5.19. The van der Waals surface area contributed by atoms with E-state index in [2.05, 4.69) is 56.4 Å². The van der Waals surface area contributed by atoms with Crippen LogP contribution in [-0.2, 0) is 4.74 Å². The predicted molar refractivity (Wildman–Crippen MR) is 83.6 cm³/mol. The van der Waals surface area contributed by atoms with Crippen molar-refractivity contribution >= 4 is 0 Å². The summed E-state index contributed by atoms with van der Waals surface area (Å²) in [4.78, 5) is 0. The molecule has 0 amide bonds. The summed E-state index contributed by atoms with van der Waals surface area (Å²) in [7, 11) is 0. The Labute approximate surface area is 122 Å². The fourth-order valence-corrected chi connectivity index (χ4v) is 3.04. The first-order valence-corrected chi connectivity index (χ1v) is 7.70. The zero-order valence-electron chi connectivity index (χ0n) is 12.9. The van der Waals surface area contributed by atoms with Gasteiger partial charge in [0, 0.05) is 24.7 Å². The van der Waals surface area contributed by atoms with Crippen LogP contribution in [0.1, 0.15) is 45.2 Å². The predicted octanol–water partition coefficient (Wildman–Crippen LogP) is 2.87. The topological polar surface area (TPSA) is 47.3 Å². The summed E-state index contributed by atoms with van der Waals surface area (Å²) in [6.45, 7) is 8.12. The van der Waals surface area contributed by atoms with Gasteiger partial charge in [0.2, 0.25) is 0 Å². The molecule has 0 spiro atoms. The van der Waals surface area contributed by atoms with E-state index in [-0.39, 0.29) is 5.54 Å². The van der Waals surface area contributed by atoms with Crippen molar-refractivity contribution in [2.75, 3.05) is 13.2 Å². The molecule has 1 aromatic carbocycles. The first-order chi connectivity index (χ1) is 9.56. The van der Waals surface area contributed by atoms with E-state index in [0.29, 0.717) is 24.6 Å². The second-order valence-electron chi connectivity index (χ2n) is 6.37. The Balaban J connectivity index is 2.07. The van der Waals surface area contributed by atoms with Crippen LogP contribution in [0.4, 0.5) is 0 Å². The minimum Gasteiger partial charge on any atom is -0.378 e. The maximum Gasteiger partial charge on any atom is 0.0616 e. The van der Waals surface area contributed by atoms with E-state index < -0.39 is 0 Å². The minimum atomic E-state index is 0.00243. The molecule has 0 bridgehead atoms. The molecule has 0 aliphatic carbocycles. The molecule has 1 aliphatic rings. The molecule has 0 aromatic heterocycles. The second-order valence-corrected chi connectivity index (χ2v) is 6.37. The Morgan fingerprint density at radius 1 is 1.30 bits per heavy atom. The van der Waals surface area contributed by atoms with E-state index in [0.717, 1.165) is 19.4 Å². The van der Waals surface area contributed by atoms with Gasteiger partial charge in [-0.25, -0.2) is 0 Å². The molecule has 1 fully saturated rings. The van der Waals surface area contributed by atoms with Crippen LogP contribution in [0.15, 0.2) is 30.3 Å². The highest BCUT2D eigenvalue weighted by Gasteiger charge is 2.37. The van der Waals surface area contributed by atoms with Gasteiger partial charge in [-0.2, -0.15) is 0 Å². The lowest BCUT2D eigenvalue weighted by atomic mass is 9.82. The lowest BCUT2D eigenvalue weighted by molar-refractivity contribution is -0.0515. The first kappa shape index (κ1) is 15.5. The highest BCUT2D eigenvalue weighted by Crippen LogP contribution is 2.30. The Hall–Kier alpha value is -0.900. The first-order valence-electron chi connectivity index (χ1n) is 7.70. The molecule has 0 radical (unpaired) electrons. The van der Waals surface area contributed by atoms with Crippen molar-refractivity contribution in [3.8, 4) is 0 Å². The quantitative estimate of drug-likeness (QED) is 0.869. The molecule has 112 valence electrons. The van der Waals surface area contributed by atoms with Gasteiger partial charge in [0.25, 0.3) is 0 Å². The summed E-state index contributed by atoms with van der Waals surface area (Å²) in [5.74, 6) is 0.537. The van der Waals surface area contributed by atoms with E-state index in [1.165, 1.54) is 5.56 Å². The fraction of sp³-hybridized carbons (Fsp3) is 0.647. The average molecular weight is 276 g/mol. The molecule has 20 heavy (non-hydrogen) atoms. The van der Waals surface area contributed by atoms with E-state index in [9.17, 15) is 0 Å². The lowest BCUT2D eigenvalue weighted by Crippen LogP contribution is -2.57. The van der Waals surface area contributed by atoms with Gasteiger partial charge in [0.1, 0.15) is 0 Å². The summed E-state index contributed by atoms with van der Waals surface area (Å²) < 4.78 is 5.89. The van der Waals surface area contributed by atoms with Crippen LogP contribution < -0.4 is 11.1 Å². The highest BCUT2D eigenvalue weighted by molar-refractivity contribution is 5.19. The number of hydrogen-bond acceptors (Lipinski definition) is 3. The van der Waals surface area contributed by atoms with Crippen molar-refractivity contribution in [3.63, 3.8) is 0 Å². The van der Waals surface area contributed by atoms with Gasteiger partial charge in [0.05, 0.1) is 6.10 Å². The summed E-state index contributed by atoms with van der Waals surface area (Å²) in [6.07, 6.45) is 2.30. The Morgan fingerprint density at radius 3 is 2.60 bits per heavy atom. The van der Waals surface area contributed by atoms with Crippen LogP contribution in [0.2, 0.25) is 0 Å². The fourth-order valence-electron chi connectivity index (χ4n) is 3.04. The number of benzene rings is 1. The Bertz CT molecular complexity index is 407. The average Bonchev–Trinajstić information content (AvgIpc) is 2.48. The monoisotopic (exact) mass is 276 g/mol. The normalized spacial score (nSPS) is 28.6. The number of rotatable bonds is 5. The summed E-state index contributed by atoms with van der Waals surface area (Å²) in [5, 5.41) is 3.78. The maximum absolute atomic E-state index is 6.11. The van der Waals surface area contributed by atoms with Crippen molar-refractivity contribution in [2.24, 2.45) is 11.7 Å². The molecule has 1 heterocycles. The molecular weight excluding hydrogens is 248 g/mol. The largest absolute Gasteiger partial charge is 0.378 e. The van der Waals surface area contributed by atoms with E-state index >= 15 is 0 Å². The Morgan fingerprint density at radius 2 is 2.00 bits per heavy atom. The molecule has 0 saturated carbocycles. The molecular formula is C17H28N2O. The van der Waals surface area contributed by atoms with Gasteiger partial charge in [-0.1, -0.05) is 44.2 Å². The smallest absolute Gasteiger partial charge is 0.0616 e. The van der Waals surface area contributed by atoms with Gasteiger partial charge in [-0.05, 0) is 31.2 Å². The molecule has 1 aromatic rings. The van der Waals surface area contributed by atoms with Gasteiger partial charge in [0.15, 0.2) is 0 Å². The zero-order valence-corrected chi connectivity index (χ0v) is 12.9. The van der Waals surface area contributed by atoms with E-state index in [1.54, 1.807) is 0 Å². The molecule has 3 heteroatoms. The van der Waals surface area contributed by atoms with Gasteiger partial charge in [-0.3, -0.25) is 0 Å². The maximum atomic E-state index is 6.11. The number of nitrogens with one attached hydrogen (secondary N) is 1. The summed E-state index contributed by atoms with van der Waals surface area (Å²) in [5.41, 5.74) is 7.42.